The van der Waals surface area contributed by atoms with Crippen LogP contribution in [0, 0.1) is 0 Å². The number of amides is 1. The molecule has 0 atom stereocenters. The van der Waals surface area contributed by atoms with Crippen LogP contribution in [0.25, 0.3) is 0 Å². The maximum atomic E-state index is 10.8. The molecule has 1 aromatic carbocycles. The Morgan fingerprint density at radius 2 is 2.33 bits per heavy atom. The molecule has 0 radical (unpaired) electrons. The molecular weight excluding hydrogens is 214 g/mol. The second-order valence-corrected chi connectivity index (χ2v) is 3.84. The third kappa shape index (κ3) is 3.36. The van der Waals surface area contributed by atoms with Crippen molar-refractivity contribution in [2.24, 2.45) is 0 Å². The molecule has 0 saturated heterocycles. The third-order valence-electron chi connectivity index (χ3n) is 1.76. The number of hydrogen-bond acceptors (Lipinski definition) is 3. The van der Waals surface area contributed by atoms with Crippen molar-refractivity contribution in [3.05, 3.63) is 24.3 Å². The van der Waals surface area contributed by atoms with Crippen molar-refractivity contribution in [1.29, 1.82) is 0 Å². The van der Waals surface area contributed by atoms with Gasteiger partial charge in [-0.3, -0.25) is 0 Å². The molecule has 1 amide bonds. The first-order valence-corrected chi connectivity index (χ1v) is 5.27. The van der Waals surface area contributed by atoms with Crippen molar-refractivity contribution in [2.75, 3.05) is 13.7 Å². The highest BCUT2D eigenvalue weighted by atomic mass is 32.2. The Hall–Kier alpha value is -1.36. The number of carboxylic acid groups (broad SMARTS) is 1. The van der Waals surface area contributed by atoms with Crippen molar-refractivity contribution in [1.82, 2.24) is 4.31 Å². The summed E-state index contributed by atoms with van der Waals surface area (Å²) in [6.07, 6.45) is -0.940. The van der Waals surface area contributed by atoms with E-state index in [1.54, 1.807) is 20.1 Å². The Balaban J connectivity index is 2.74. The lowest BCUT2D eigenvalue weighted by atomic mass is 10.3. The highest BCUT2D eigenvalue weighted by Gasteiger charge is 2.11. The van der Waals surface area contributed by atoms with Crippen molar-refractivity contribution in [3.63, 3.8) is 0 Å². The molecule has 1 N–H and O–H groups in total. The Morgan fingerprint density at radius 3 is 2.87 bits per heavy atom. The molecule has 0 spiro atoms. The van der Waals surface area contributed by atoms with Crippen LogP contribution in [0.2, 0.25) is 0 Å². The molecule has 82 valence electrons. The van der Waals surface area contributed by atoms with Gasteiger partial charge in [-0.25, -0.2) is 9.10 Å². The maximum Gasteiger partial charge on any atom is 0.417 e. The predicted octanol–water partition coefficient (Wildman–Crippen LogP) is 2.70. The van der Waals surface area contributed by atoms with Crippen LogP contribution < -0.4 is 4.74 Å². The molecule has 1 rings (SSSR count). The number of hydrogen-bond donors (Lipinski definition) is 1. The second-order valence-electron chi connectivity index (χ2n) is 2.75. The summed E-state index contributed by atoms with van der Waals surface area (Å²) < 4.78 is 6.31. The van der Waals surface area contributed by atoms with Gasteiger partial charge in [-0.15, -0.1) is 0 Å². The average Bonchev–Trinajstić information content (AvgIpc) is 2.25. The quantitative estimate of drug-likeness (QED) is 0.803. The van der Waals surface area contributed by atoms with Crippen LogP contribution >= 0.6 is 11.9 Å². The summed E-state index contributed by atoms with van der Waals surface area (Å²) in [6.45, 7) is 2.23. The summed E-state index contributed by atoms with van der Waals surface area (Å²) in [6, 6.07) is 7.30. The number of carbonyl (C=O) groups is 1. The second kappa shape index (κ2) is 5.50. The minimum atomic E-state index is -0.940. The Kier molecular flexibility index (Phi) is 4.30. The zero-order chi connectivity index (χ0) is 11.3. The SMILES string of the molecule is CCN(Sc1cccc(OC)c1)C(=O)O. The average molecular weight is 227 g/mol. The van der Waals surface area contributed by atoms with E-state index >= 15 is 0 Å². The van der Waals surface area contributed by atoms with Crippen molar-refractivity contribution in [2.45, 2.75) is 11.8 Å². The maximum absolute atomic E-state index is 10.8. The smallest absolute Gasteiger partial charge is 0.417 e. The molecule has 4 nitrogen and oxygen atoms in total. The molecule has 0 unspecified atom stereocenters. The summed E-state index contributed by atoms with van der Waals surface area (Å²) in [5.74, 6) is 0.724. The van der Waals surface area contributed by atoms with Crippen LogP contribution in [0.3, 0.4) is 0 Å². The van der Waals surface area contributed by atoms with Gasteiger partial charge in [0.2, 0.25) is 0 Å². The van der Waals surface area contributed by atoms with E-state index in [2.05, 4.69) is 0 Å². The van der Waals surface area contributed by atoms with Crippen LogP contribution in [-0.4, -0.2) is 29.2 Å². The van der Waals surface area contributed by atoms with Gasteiger partial charge in [0, 0.05) is 11.4 Å². The molecule has 0 bridgehead atoms. The van der Waals surface area contributed by atoms with E-state index in [9.17, 15) is 4.79 Å². The molecule has 0 fully saturated rings. The van der Waals surface area contributed by atoms with Crippen LogP contribution in [0.4, 0.5) is 4.79 Å². The monoisotopic (exact) mass is 227 g/mol. The topological polar surface area (TPSA) is 49.8 Å². The first-order valence-electron chi connectivity index (χ1n) is 4.50. The van der Waals surface area contributed by atoms with E-state index in [4.69, 9.17) is 9.84 Å². The molecule has 0 heterocycles. The van der Waals surface area contributed by atoms with E-state index in [1.807, 2.05) is 18.2 Å². The molecule has 0 aliphatic carbocycles. The Morgan fingerprint density at radius 1 is 1.60 bits per heavy atom. The van der Waals surface area contributed by atoms with E-state index in [0.717, 1.165) is 10.6 Å². The molecule has 0 aliphatic rings. The van der Waals surface area contributed by atoms with Gasteiger partial charge in [0.15, 0.2) is 0 Å². The zero-order valence-corrected chi connectivity index (χ0v) is 9.45. The summed E-state index contributed by atoms with van der Waals surface area (Å²) >= 11 is 1.18. The molecule has 0 aliphatic heterocycles. The van der Waals surface area contributed by atoms with Gasteiger partial charge >= 0.3 is 6.09 Å². The lowest BCUT2D eigenvalue weighted by Gasteiger charge is -2.15. The van der Waals surface area contributed by atoms with Crippen molar-refractivity contribution < 1.29 is 14.6 Å². The highest BCUT2D eigenvalue weighted by molar-refractivity contribution is 7.97. The number of ether oxygens (including phenoxy) is 1. The lowest BCUT2D eigenvalue weighted by molar-refractivity contribution is 0.176. The van der Waals surface area contributed by atoms with Crippen LogP contribution in [0.5, 0.6) is 5.75 Å². The summed E-state index contributed by atoms with van der Waals surface area (Å²) in [5, 5.41) is 8.83. The molecule has 5 heteroatoms. The standard InChI is InChI=1S/C10H13NO3S/c1-3-11(10(12)13)15-9-6-4-5-8(7-9)14-2/h4-7H,3H2,1-2H3,(H,12,13). The first-order chi connectivity index (χ1) is 7.17. The fourth-order valence-corrected chi connectivity index (χ4v) is 1.79. The molecule has 0 aromatic heterocycles. The first kappa shape index (κ1) is 11.7. The van der Waals surface area contributed by atoms with Gasteiger partial charge in [-0.2, -0.15) is 0 Å². The van der Waals surface area contributed by atoms with Gasteiger partial charge < -0.3 is 9.84 Å². The van der Waals surface area contributed by atoms with Gasteiger partial charge in [0.1, 0.15) is 5.75 Å². The Bertz CT molecular complexity index is 343. The van der Waals surface area contributed by atoms with E-state index in [1.165, 1.54) is 16.3 Å². The van der Waals surface area contributed by atoms with Gasteiger partial charge in [0.05, 0.1) is 7.11 Å². The van der Waals surface area contributed by atoms with Crippen LogP contribution in [-0.2, 0) is 0 Å². The van der Waals surface area contributed by atoms with Gasteiger partial charge in [0.25, 0.3) is 0 Å². The number of methoxy groups -OCH3 is 1. The fourth-order valence-electron chi connectivity index (χ4n) is 1.02. The minimum absolute atomic E-state index is 0.442. The van der Waals surface area contributed by atoms with Crippen LogP contribution in [0.15, 0.2) is 29.2 Å². The summed E-state index contributed by atoms with van der Waals surface area (Å²) in [7, 11) is 1.58. The van der Waals surface area contributed by atoms with E-state index < -0.39 is 6.09 Å². The van der Waals surface area contributed by atoms with E-state index in [0.29, 0.717) is 6.54 Å². The van der Waals surface area contributed by atoms with Crippen LogP contribution in [0.1, 0.15) is 6.92 Å². The highest BCUT2D eigenvalue weighted by Crippen LogP contribution is 2.25. The molecule has 0 saturated carbocycles. The third-order valence-corrected chi connectivity index (χ3v) is 2.86. The number of rotatable bonds is 4. The summed E-state index contributed by atoms with van der Waals surface area (Å²) in [5.41, 5.74) is 0. The lowest BCUT2D eigenvalue weighted by Crippen LogP contribution is -2.21. The van der Waals surface area contributed by atoms with Crippen molar-refractivity contribution in [3.8, 4) is 5.75 Å². The number of benzene rings is 1. The zero-order valence-electron chi connectivity index (χ0n) is 8.64. The number of nitrogens with zero attached hydrogens (tertiary/aromatic N) is 1. The fraction of sp³-hybridized carbons (Fsp3) is 0.300. The van der Waals surface area contributed by atoms with Gasteiger partial charge in [-0.1, -0.05) is 6.07 Å². The van der Waals surface area contributed by atoms with Gasteiger partial charge in [-0.05, 0) is 37.1 Å². The Labute approximate surface area is 93.0 Å². The summed E-state index contributed by atoms with van der Waals surface area (Å²) in [4.78, 5) is 11.6. The van der Waals surface area contributed by atoms with E-state index in [-0.39, 0.29) is 0 Å². The molecule has 1 aromatic rings. The normalized spacial score (nSPS) is 9.73. The minimum Gasteiger partial charge on any atom is -0.497 e. The predicted molar refractivity (Wildman–Crippen MR) is 59.3 cm³/mol. The molecular formula is C10H13NO3S. The molecule has 15 heavy (non-hydrogen) atoms. The van der Waals surface area contributed by atoms with Crippen molar-refractivity contribution >= 4 is 18.0 Å². The largest absolute Gasteiger partial charge is 0.497 e.